The summed E-state index contributed by atoms with van der Waals surface area (Å²) < 4.78 is 5.91. The third-order valence-electron chi connectivity index (χ3n) is 3.94. The number of nitro groups is 1. The molecule has 0 fully saturated rings. The Kier molecular flexibility index (Phi) is 5.24. The molecule has 4 aromatic rings. The molecule has 29 heavy (non-hydrogen) atoms. The Morgan fingerprint density at radius 1 is 1.17 bits per heavy atom. The predicted molar refractivity (Wildman–Crippen MR) is 114 cm³/mol. The number of rotatable bonds is 5. The first-order valence-corrected chi connectivity index (χ1v) is 9.44. The van der Waals surface area contributed by atoms with Crippen LogP contribution in [-0.4, -0.2) is 21.1 Å². The van der Waals surface area contributed by atoms with E-state index in [-0.39, 0.29) is 17.6 Å². The van der Waals surface area contributed by atoms with Crippen LogP contribution in [0.1, 0.15) is 5.76 Å². The standard InChI is InChI=1S/C19H11BrClN5O3/c20-11-5-7-16-14(9-11)18(13-3-1-2-4-15(13)21)24-19(23-16)25-22-10-12-6-8-17(29-12)26(27)28/h1-10H,(H,23,24,25). The quantitative estimate of drug-likeness (QED) is 0.228. The third kappa shape index (κ3) is 4.10. The fourth-order valence-corrected chi connectivity index (χ4v) is 3.26. The molecule has 8 nitrogen and oxygen atoms in total. The van der Waals surface area contributed by atoms with Gasteiger partial charge in [0, 0.05) is 20.4 Å². The van der Waals surface area contributed by atoms with E-state index in [1.54, 1.807) is 6.07 Å². The summed E-state index contributed by atoms with van der Waals surface area (Å²) in [5.74, 6) is 0.104. The molecule has 144 valence electrons. The van der Waals surface area contributed by atoms with Crippen molar-refractivity contribution < 1.29 is 9.34 Å². The van der Waals surface area contributed by atoms with Crippen molar-refractivity contribution >= 4 is 56.5 Å². The maximum atomic E-state index is 10.7. The van der Waals surface area contributed by atoms with Gasteiger partial charge in [0.1, 0.15) is 4.92 Å². The molecule has 0 atom stereocenters. The van der Waals surface area contributed by atoms with Gasteiger partial charge in [-0.15, -0.1) is 0 Å². The van der Waals surface area contributed by atoms with E-state index in [4.69, 9.17) is 16.0 Å². The molecule has 2 aromatic heterocycles. The average molecular weight is 473 g/mol. The zero-order valence-corrected chi connectivity index (χ0v) is 16.9. The lowest BCUT2D eigenvalue weighted by Gasteiger charge is -2.10. The van der Waals surface area contributed by atoms with E-state index in [2.05, 4.69) is 36.4 Å². The van der Waals surface area contributed by atoms with E-state index >= 15 is 0 Å². The molecule has 0 radical (unpaired) electrons. The van der Waals surface area contributed by atoms with Gasteiger partial charge in [0.2, 0.25) is 5.95 Å². The number of hydrogen-bond acceptors (Lipinski definition) is 7. The van der Waals surface area contributed by atoms with Gasteiger partial charge in [0.15, 0.2) is 5.76 Å². The highest BCUT2D eigenvalue weighted by atomic mass is 79.9. The van der Waals surface area contributed by atoms with Crippen LogP contribution in [0.15, 0.2) is 68.6 Å². The fraction of sp³-hybridized carbons (Fsp3) is 0. The number of hydrogen-bond donors (Lipinski definition) is 1. The second kappa shape index (κ2) is 7.98. The summed E-state index contributed by atoms with van der Waals surface area (Å²) in [6.07, 6.45) is 1.30. The largest absolute Gasteiger partial charge is 0.433 e. The Morgan fingerprint density at radius 3 is 2.76 bits per heavy atom. The predicted octanol–water partition coefficient (Wildman–Crippen LogP) is 5.66. The second-order valence-electron chi connectivity index (χ2n) is 5.84. The van der Waals surface area contributed by atoms with Crippen LogP contribution < -0.4 is 5.43 Å². The Labute approximate surface area is 177 Å². The molecule has 2 aromatic carbocycles. The summed E-state index contributed by atoms with van der Waals surface area (Å²) in [5.41, 5.74) is 4.83. The number of fused-ring (bicyclic) bond motifs is 1. The lowest BCUT2D eigenvalue weighted by Crippen LogP contribution is -2.00. The highest BCUT2D eigenvalue weighted by Crippen LogP contribution is 2.33. The molecule has 0 aliphatic carbocycles. The van der Waals surface area contributed by atoms with Crippen LogP contribution in [0.4, 0.5) is 11.8 Å². The van der Waals surface area contributed by atoms with Crippen LogP contribution in [-0.2, 0) is 0 Å². The molecule has 2 heterocycles. The normalized spacial score (nSPS) is 11.2. The van der Waals surface area contributed by atoms with Crippen molar-refractivity contribution in [3.8, 4) is 11.3 Å². The molecule has 0 saturated carbocycles. The minimum Gasteiger partial charge on any atom is -0.400 e. The first kappa shape index (κ1) is 19.0. The second-order valence-corrected chi connectivity index (χ2v) is 7.16. The van der Waals surface area contributed by atoms with E-state index in [1.165, 1.54) is 18.3 Å². The highest BCUT2D eigenvalue weighted by molar-refractivity contribution is 9.10. The van der Waals surface area contributed by atoms with Crippen molar-refractivity contribution in [1.29, 1.82) is 0 Å². The van der Waals surface area contributed by atoms with Gasteiger partial charge in [0.05, 0.1) is 23.5 Å². The minimum atomic E-state index is -0.620. The summed E-state index contributed by atoms with van der Waals surface area (Å²) in [6.45, 7) is 0. The smallest absolute Gasteiger partial charge is 0.400 e. The summed E-state index contributed by atoms with van der Waals surface area (Å²) in [4.78, 5) is 19.1. The average Bonchev–Trinajstić information content (AvgIpc) is 3.17. The Bertz CT molecular complexity index is 1260. The fourth-order valence-electron chi connectivity index (χ4n) is 2.67. The molecule has 10 heteroatoms. The first-order valence-electron chi connectivity index (χ1n) is 8.27. The van der Waals surface area contributed by atoms with Crippen molar-refractivity contribution in [2.45, 2.75) is 0 Å². The topological polar surface area (TPSA) is 106 Å². The van der Waals surface area contributed by atoms with Crippen LogP contribution >= 0.6 is 27.5 Å². The highest BCUT2D eigenvalue weighted by Gasteiger charge is 2.13. The van der Waals surface area contributed by atoms with Crippen LogP contribution in [0.2, 0.25) is 5.02 Å². The molecule has 0 aliphatic rings. The SMILES string of the molecule is O=[N+]([O-])c1ccc(C=NNc2nc(-c3ccccc3Cl)c3cc(Br)ccc3n2)o1. The summed E-state index contributed by atoms with van der Waals surface area (Å²) in [6, 6.07) is 15.7. The Balaban J connectivity index is 1.71. The van der Waals surface area contributed by atoms with Crippen molar-refractivity contribution in [2.75, 3.05) is 5.43 Å². The maximum absolute atomic E-state index is 10.7. The van der Waals surface area contributed by atoms with Crippen LogP contribution in [0.25, 0.3) is 22.2 Å². The molecular weight excluding hydrogens is 462 g/mol. The summed E-state index contributed by atoms with van der Waals surface area (Å²) >= 11 is 9.84. The Hall–Kier alpha value is -3.30. The van der Waals surface area contributed by atoms with E-state index < -0.39 is 4.92 Å². The van der Waals surface area contributed by atoms with Crippen LogP contribution in [0.5, 0.6) is 0 Å². The van der Waals surface area contributed by atoms with Gasteiger partial charge in [0.25, 0.3) is 0 Å². The van der Waals surface area contributed by atoms with Gasteiger partial charge in [-0.2, -0.15) is 5.10 Å². The summed E-state index contributed by atoms with van der Waals surface area (Å²) in [5, 5.41) is 16.1. The van der Waals surface area contributed by atoms with Gasteiger partial charge in [-0.3, -0.25) is 10.1 Å². The number of nitrogens with one attached hydrogen (secondary N) is 1. The Morgan fingerprint density at radius 2 is 2.00 bits per heavy atom. The molecule has 0 bridgehead atoms. The van der Waals surface area contributed by atoms with E-state index in [0.717, 1.165) is 15.4 Å². The van der Waals surface area contributed by atoms with Crippen molar-refractivity contribution in [3.05, 3.63) is 80.0 Å². The maximum Gasteiger partial charge on any atom is 0.433 e. The first-order chi connectivity index (χ1) is 14.0. The van der Waals surface area contributed by atoms with Crippen LogP contribution in [0.3, 0.4) is 0 Å². The molecular formula is C19H11BrClN5O3. The minimum absolute atomic E-state index is 0.222. The number of hydrazone groups is 1. The monoisotopic (exact) mass is 471 g/mol. The number of aromatic nitrogens is 2. The number of furan rings is 1. The lowest BCUT2D eigenvalue weighted by atomic mass is 10.1. The summed E-state index contributed by atoms with van der Waals surface area (Å²) in [7, 11) is 0. The number of anilines is 1. The molecule has 0 saturated heterocycles. The van der Waals surface area contributed by atoms with Crippen molar-refractivity contribution in [2.24, 2.45) is 5.10 Å². The van der Waals surface area contributed by atoms with Crippen molar-refractivity contribution in [3.63, 3.8) is 0 Å². The molecule has 1 N–H and O–H groups in total. The zero-order valence-electron chi connectivity index (χ0n) is 14.5. The van der Waals surface area contributed by atoms with Gasteiger partial charge >= 0.3 is 5.88 Å². The van der Waals surface area contributed by atoms with Crippen LogP contribution in [0, 0.1) is 10.1 Å². The molecule has 0 aliphatic heterocycles. The molecule has 4 rings (SSSR count). The molecule has 0 amide bonds. The lowest BCUT2D eigenvalue weighted by molar-refractivity contribution is -0.402. The zero-order chi connectivity index (χ0) is 20.4. The molecule has 0 spiro atoms. The number of benzene rings is 2. The number of nitrogens with zero attached hydrogens (tertiary/aromatic N) is 4. The van der Waals surface area contributed by atoms with E-state index in [0.29, 0.717) is 16.2 Å². The van der Waals surface area contributed by atoms with Gasteiger partial charge < -0.3 is 4.42 Å². The van der Waals surface area contributed by atoms with E-state index in [1.807, 2.05) is 36.4 Å². The van der Waals surface area contributed by atoms with Gasteiger partial charge in [-0.05, 0) is 30.3 Å². The molecule has 0 unspecified atom stereocenters. The number of halogens is 2. The van der Waals surface area contributed by atoms with Gasteiger partial charge in [-0.1, -0.05) is 45.7 Å². The van der Waals surface area contributed by atoms with Crippen molar-refractivity contribution in [1.82, 2.24) is 9.97 Å². The van der Waals surface area contributed by atoms with Gasteiger partial charge in [-0.25, -0.2) is 15.4 Å². The third-order valence-corrected chi connectivity index (χ3v) is 4.76. The van der Waals surface area contributed by atoms with E-state index in [9.17, 15) is 10.1 Å².